The van der Waals surface area contributed by atoms with Crippen LogP contribution < -0.4 is 21.3 Å². The number of hydrogen-bond donors (Lipinski definition) is 4. The van der Waals surface area contributed by atoms with Crippen LogP contribution >= 0.6 is 0 Å². The first-order valence-electron chi connectivity index (χ1n) is 12.5. The SMILES string of the molecule is CC(C)C.CC(NC=O)C(=O)N[C@@H](C)C(=O)NCC(=O)C(=O)NC1CC1.CCC.Cc1ccccc1. The van der Waals surface area contributed by atoms with E-state index in [0.717, 1.165) is 18.8 Å². The minimum absolute atomic E-state index is 0.0668. The number of Topliss-reactive ketones (excluding diaryl/α,β-unsaturated/α-hetero) is 1. The molecule has 0 heterocycles. The van der Waals surface area contributed by atoms with Crippen LogP contribution in [0.15, 0.2) is 30.3 Å². The molecule has 36 heavy (non-hydrogen) atoms. The van der Waals surface area contributed by atoms with Crippen LogP contribution in [0.3, 0.4) is 0 Å². The van der Waals surface area contributed by atoms with Gasteiger partial charge in [0, 0.05) is 6.04 Å². The maximum atomic E-state index is 11.7. The average molecular weight is 507 g/mol. The fourth-order valence-corrected chi connectivity index (χ4v) is 2.01. The van der Waals surface area contributed by atoms with Crippen LogP contribution in [-0.4, -0.2) is 54.6 Å². The maximum Gasteiger partial charge on any atom is 0.289 e. The number of aryl methyl sites for hydroxylation is 1. The van der Waals surface area contributed by atoms with Gasteiger partial charge in [-0.3, -0.25) is 24.0 Å². The Hall–Kier alpha value is -3.23. The number of amides is 4. The molecule has 4 N–H and O–H groups in total. The van der Waals surface area contributed by atoms with E-state index in [-0.39, 0.29) is 6.04 Å². The first-order valence-corrected chi connectivity index (χ1v) is 12.5. The topological polar surface area (TPSA) is 133 Å². The molecule has 1 aromatic carbocycles. The van der Waals surface area contributed by atoms with Crippen molar-refractivity contribution in [1.29, 1.82) is 0 Å². The van der Waals surface area contributed by atoms with Crippen LogP contribution in [-0.2, 0) is 24.0 Å². The third-order valence-electron chi connectivity index (χ3n) is 3.99. The molecule has 1 saturated carbocycles. The van der Waals surface area contributed by atoms with E-state index in [4.69, 9.17) is 0 Å². The molecule has 0 saturated heterocycles. The summed E-state index contributed by atoms with van der Waals surface area (Å²) in [5, 5.41) is 9.42. The van der Waals surface area contributed by atoms with Crippen LogP contribution in [0.2, 0.25) is 0 Å². The van der Waals surface area contributed by atoms with Gasteiger partial charge in [0.05, 0.1) is 6.54 Å². The van der Waals surface area contributed by atoms with Crippen molar-refractivity contribution in [3.8, 4) is 0 Å². The summed E-state index contributed by atoms with van der Waals surface area (Å²) in [5.74, 6) is -1.76. The molecule has 4 amide bonds. The molecule has 1 unspecified atom stereocenters. The molecule has 1 aromatic rings. The van der Waals surface area contributed by atoms with Crippen molar-refractivity contribution in [2.75, 3.05) is 6.54 Å². The van der Waals surface area contributed by atoms with Crippen LogP contribution in [0.4, 0.5) is 0 Å². The Morgan fingerprint density at radius 3 is 1.81 bits per heavy atom. The summed E-state index contributed by atoms with van der Waals surface area (Å²) < 4.78 is 0. The lowest BCUT2D eigenvalue weighted by molar-refractivity contribution is -0.138. The molecule has 9 nitrogen and oxygen atoms in total. The third-order valence-corrected chi connectivity index (χ3v) is 3.99. The molecule has 2 rings (SSSR count). The van der Waals surface area contributed by atoms with E-state index < -0.39 is 42.1 Å². The Labute approximate surface area is 216 Å². The summed E-state index contributed by atoms with van der Waals surface area (Å²) in [6.07, 6.45) is 3.36. The second-order valence-electron chi connectivity index (χ2n) is 9.22. The molecular formula is C27H46N4O5. The van der Waals surface area contributed by atoms with E-state index in [2.05, 4.69) is 74.9 Å². The normalized spacial score (nSPS) is 12.9. The third kappa shape index (κ3) is 21.3. The smallest absolute Gasteiger partial charge is 0.289 e. The summed E-state index contributed by atoms with van der Waals surface area (Å²) in [6.45, 7) is 15.3. The Bertz CT molecular complexity index is 777. The molecule has 0 aromatic heterocycles. The van der Waals surface area contributed by atoms with E-state index in [0.29, 0.717) is 6.41 Å². The van der Waals surface area contributed by atoms with Gasteiger partial charge in [-0.15, -0.1) is 0 Å². The second-order valence-corrected chi connectivity index (χ2v) is 9.22. The predicted octanol–water partition coefficient (Wildman–Crippen LogP) is 2.66. The molecule has 0 bridgehead atoms. The zero-order chi connectivity index (χ0) is 28.1. The Balaban J connectivity index is 0. The van der Waals surface area contributed by atoms with Gasteiger partial charge in [-0.1, -0.05) is 76.9 Å². The first kappa shape index (κ1) is 34.9. The van der Waals surface area contributed by atoms with Gasteiger partial charge >= 0.3 is 0 Å². The summed E-state index contributed by atoms with van der Waals surface area (Å²) in [6, 6.07) is 8.65. The molecule has 1 aliphatic rings. The molecule has 0 spiro atoms. The minimum Gasteiger partial charge on any atom is -0.347 e. The standard InChI is InChI=1S/C13H20N4O5.C7H8.C4H10.C3H8/c1-7(15-6-18)12(21)16-8(2)11(20)14-5-10(19)13(22)17-9-3-4-9;1-7-5-3-2-4-6-7;1-4(2)3;1-3-2/h6-9H,3-5H2,1-2H3,(H,14,20)(H,15,18)(H,16,21)(H,17,22);2-6H,1H3;4H,1-3H3;3H2,1-2H3/t7?,8-;;;/m0.../s1. The average Bonchev–Trinajstić information content (AvgIpc) is 3.62. The monoisotopic (exact) mass is 506 g/mol. The van der Waals surface area contributed by atoms with Gasteiger partial charge in [0.1, 0.15) is 12.1 Å². The van der Waals surface area contributed by atoms with Crippen molar-refractivity contribution in [2.24, 2.45) is 5.92 Å². The van der Waals surface area contributed by atoms with Crippen molar-refractivity contribution < 1.29 is 24.0 Å². The van der Waals surface area contributed by atoms with E-state index in [1.54, 1.807) is 0 Å². The van der Waals surface area contributed by atoms with E-state index in [1.165, 1.54) is 25.8 Å². The highest BCUT2D eigenvalue weighted by Crippen LogP contribution is 2.18. The number of hydrogen-bond acceptors (Lipinski definition) is 5. The van der Waals surface area contributed by atoms with E-state index >= 15 is 0 Å². The number of rotatable bonds is 9. The lowest BCUT2D eigenvalue weighted by atomic mass is 10.2. The largest absolute Gasteiger partial charge is 0.347 e. The quantitative estimate of drug-likeness (QED) is 0.302. The van der Waals surface area contributed by atoms with Gasteiger partial charge in [-0.2, -0.15) is 0 Å². The zero-order valence-corrected chi connectivity index (χ0v) is 23.1. The van der Waals surface area contributed by atoms with Crippen LogP contribution in [0.5, 0.6) is 0 Å². The lowest BCUT2D eigenvalue weighted by Crippen LogP contribution is -2.51. The predicted molar refractivity (Wildman–Crippen MR) is 143 cm³/mol. The first-order chi connectivity index (χ1) is 16.9. The molecule has 9 heteroatoms. The fraction of sp³-hybridized carbons (Fsp3) is 0.593. The number of nitrogens with one attached hydrogen (secondary N) is 4. The Kier molecular flexibility index (Phi) is 20.5. The second kappa shape index (κ2) is 21.1. The molecular weight excluding hydrogens is 460 g/mol. The molecule has 204 valence electrons. The molecule has 0 radical (unpaired) electrons. The summed E-state index contributed by atoms with van der Waals surface area (Å²) in [4.78, 5) is 56.4. The number of carbonyl (C=O) groups is 5. The molecule has 0 aliphatic heterocycles. The van der Waals surface area contributed by atoms with Crippen molar-refractivity contribution in [2.45, 2.75) is 92.8 Å². The highest BCUT2D eigenvalue weighted by Gasteiger charge is 2.27. The minimum atomic E-state index is -0.900. The summed E-state index contributed by atoms with van der Waals surface area (Å²) >= 11 is 0. The summed E-state index contributed by atoms with van der Waals surface area (Å²) in [5.41, 5.74) is 1.32. The fourth-order valence-electron chi connectivity index (χ4n) is 2.01. The highest BCUT2D eigenvalue weighted by molar-refractivity contribution is 6.37. The van der Waals surface area contributed by atoms with E-state index in [9.17, 15) is 24.0 Å². The summed E-state index contributed by atoms with van der Waals surface area (Å²) in [7, 11) is 0. The van der Waals surface area contributed by atoms with Crippen molar-refractivity contribution in [1.82, 2.24) is 21.3 Å². The number of carbonyl (C=O) groups excluding carboxylic acids is 5. The highest BCUT2D eigenvalue weighted by atomic mass is 16.2. The Morgan fingerprint density at radius 2 is 1.42 bits per heavy atom. The lowest BCUT2D eigenvalue weighted by Gasteiger charge is -2.16. The maximum absolute atomic E-state index is 11.7. The van der Waals surface area contributed by atoms with E-state index in [1.807, 2.05) is 18.2 Å². The van der Waals surface area contributed by atoms with Gasteiger partial charge in [-0.25, -0.2) is 0 Å². The van der Waals surface area contributed by atoms with Crippen molar-refractivity contribution in [3.63, 3.8) is 0 Å². The molecule has 2 atom stereocenters. The molecule has 1 fully saturated rings. The van der Waals surface area contributed by atoms with Gasteiger partial charge < -0.3 is 21.3 Å². The number of benzene rings is 1. The van der Waals surface area contributed by atoms with Crippen molar-refractivity contribution >= 4 is 29.9 Å². The van der Waals surface area contributed by atoms with Crippen LogP contribution in [0.1, 0.15) is 73.3 Å². The van der Waals surface area contributed by atoms with Gasteiger partial charge in [0.2, 0.25) is 24.0 Å². The zero-order valence-electron chi connectivity index (χ0n) is 23.1. The molecule has 1 aliphatic carbocycles. The van der Waals surface area contributed by atoms with Gasteiger partial charge in [0.25, 0.3) is 5.91 Å². The van der Waals surface area contributed by atoms with Crippen LogP contribution in [0.25, 0.3) is 0 Å². The Morgan fingerprint density at radius 1 is 0.917 bits per heavy atom. The van der Waals surface area contributed by atoms with Crippen LogP contribution in [0, 0.1) is 12.8 Å². The number of ketones is 1. The van der Waals surface area contributed by atoms with Gasteiger partial charge in [-0.05, 0) is 39.5 Å². The van der Waals surface area contributed by atoms with Gasteiger partial charge in [0.15, 0.2) is 0 Å². The van der Waals surface area contributed by atoms with Crippen molar-refractivity contribution in [3.05, 3.63) is 35.9 Å².